The molecule has 118 valence electrons. The van der Waals surface area contributed by atoms with Crippen LogP contribution in [0.2, 0.25) is 0 Å². The molecule has 0 spiro atoms. The second-order valence-corrected chi connectivity index (χ2v) is 6.87. The van der Waals surface area contributed by atoms with Gasteiger partial charge in [0.15, 0.2) is 0 Å². The minimum absolute atomic E-state index is 0.295. The molecule has 2 nitrogen and oxygen atoms in total. The van der Waals surface area contributed by atoms with E-state index in [-0.39, 0.29) is 5.31 Å². The van der Waals surface area contributed by atoms with Crippen molar-refractivity contribution in [1.82, 2.24) is 4.98 Å². The minimum Gasteiger partial charge on any atom is -0.397 e. The monoisotopic (exact) mass is 304 g/mol. The van der Waals surface area contributed by atoms with Crippen LogP contribution in [0.1, 0.15) is 62.6 Å². The molecule has 1 fully saturated rings. The van der Waals surface area contributed by atoms with Gasteiger partial charge in [0.2, 0.25) is 0 Å². The topological polar surface area (TPSA) is 38.9 Å². The van der Waals surface area contributed by atoms with Crippen molar-refractivity contribution in [2.24, 2.45) is 5.73 Å². The largest absolute Gasteiger partial charge is 0.397 e. The smallest absolute Gasteiger partial charge is 0.0863 e. The molecule has 0 amide bonds. The zero-order valence-electron chi connectivity index (χ0n) is 13.9. The third kappa shape index (κ3) is 3.44. The molecule has 1 aliphatic rings. The van der Waals surface area contributed by atoms with Crippen molar-refractivity contribution < 1.29 is 0 Å². The standard InChI is InChI=1S/C20H25BN2/c1-15(22)19-14-17(16-10-6-7-11-18(16)23-19)20(21)12-8-4-2-3-5-9-13-20/h6-7,10-11,14H,1-5,8-9,12-13,22H2. The summed E-state index contributed by atoms with van der Waals surface area (Å²) in [4.78, 5) is 4.64. The summed E-state index contributed by atoms with van der Waals surface area (Å²) < 4.78 is 0. The van der Waals surface area contributed by atoms with Gasteiger partial charge in [0.05, 0.1) is 24.8 Å². The van der Waals surface area contributed by atoms with Crippen molar-refractivity contribution in [3.8, 4) is 0 Å². The number of nitrogens with zero attached hydrogens (tertiary/aromatic N) is 1. The van der Waals surface area contributed by atoms with E-state index < -0.39 is 0 Å². The zero-order valence-corrected chi connectivity index (χ0v) is 13.9. The highest BCUT2D eigenvalue weighted by atomic mass is 14.8. The molecule has 0 saturated heterocycles. The second kappa shape index (κ2) is 6.78. The van der Waals surface area contributed by atoms with Gasteiger partial charge in [-0.05, 0) is 23.0 Å². The summed E-state index contributed by atoms with van der Waals surface area (Å²) in [7, 11) is 6.96. The van der Waals surface area contributed by atoms with Gasteiger partial charge >= 0.3 is 0 Å². The molecule has 3 heteroatoms. The summed E-state index contributed by atoms with van der Waals surface area (Å²) in [6, 6.07) is 10.3. The van der Waals surface area contributed by atoms with Crippen LogP contribution < -0.4 is 5.73 Å². The summed E-state index contributed by atoms with van der Waals surface area (Å²) in [5.41, 5.74) is 9.33. The average molecular weight is 304 g/mol. The molecule has 23 heavy (non-hydrogen) atoms. The molecular weight excluding hydrogens is 279 g/mol. The van der Waals surface area contributed by atoms with Crippen LogP contribution in [0.25, 0.3) is 16.6 Å². The van der Waals surface area contributed by atoms with Crippen molar-refractivity contribution >= 4 is 24.4 Å². The minimum atomic E-state index is -0.295. The Morgan fingerprint density at radius 2 is 1.65 bits per heavy atom. The fourth-order valence-corrected chi connectivity index (χ4v) is 3.73. The van der Waals surface area contributed by atoms with Crippen molar-refractivity contribution in [3.63, 3.8) is 0 Å². The van der Waals surface area contributed by atoms with Gasteiger partial charge in [-0.15, -0.1) is 0 Å². The summed E-state index contributed by atoms with van der Waals surface area (Å²) in [6.45, 7) is 3.86. The van der Waals surface area contributed by atoms with Crippen LogP contribution in [0.3, 0.4) is 0 Å². The number of hydrogen-bond donors (Lipinski definition) is 1. The number of para-hydroxylation sites is 1. The van der Waals surface area contributed by atoms with Gasteiger partial charge < -0.3 is 5.73 Å². The zero-order chi connectivity index (χ0) is 16.3. The van der Waals surface area contributed by atoms with Crippen LogP contribution >= 0.6 is 0 Å². The number of benzene rings is 1. The Bertz CT molecular complexity index is 698. The maximum absolute atomic E-state index is 6.96. The molecule has 0 atom stereocenters. The van der Waals surface area contributed by atoms with E-state index in [9.17, 15) is 0 Å². The number of rotatable bonds is 2. The SMILES string of the molecule is [B]C1(c2cc(C(=C)N)nc3ccccc23)CCCCCCCC1. The van der Waals surface area contributed by atoms with Gasteiger partial charge in [-0.3, -0.25) is 0 Å². The van der Waals surface area contributed by atoms with Crippen LogP contribution in [-0.4, -0.2) is 12.8 Å². The first kappa shape index (κ1) is 16.1. The maximum Gasteiger partial charge on any atom is 0.0863 e. The normalized spacial score (nSPS) is 18.8. The fourth-order valence-electron chi connectivity index (χ4n) is 3.73. The van der Waals surface area contributed by atoms with Gasteiger partial charge in [0.25, 0.3) is 0 Å². The van der Waals surface area contributed by atoms with E-state index in [1.54, 1.807) is 0 Å². The first-order valence-electron chi connectivity index (χ1n) is 8.74. The molecule has 2 N–H and O–H groups in total. The summed E-state index contributed by atoms with van der Waals surface area (Å²) in [5.74, 6) is 0. The Morgan fingerprint density at radius 1 is 1.04 bits per heavy atom. The molecule has 0 bridgehead atoms. The summed E-state index contributed by atoms with van der Waals surface area (Å²) in [5, 5.41) is 0.858. The van der Waals surface area contributed by atoms with E-state index in [0.29, 0.717) is 5.70 Å². The molecule has 1 heterocycles. The Morgan fingerprint density at radius 3 is 2.30 bits per heavy atom. The molecule has 3 rings (SSSR count). The fraction of sp³-hybridized carbons (Fsp3) is 0.450. The van der Waals surface area contributed by atoms with Crippen LogP contribution in [0.4, 0.5) is 0 Å². The lowest BCUT2D eigenvalue weighted by atomic mass is 9.58. The lowest BCUT2D eigenvalue weighted by molar-refractivity contribution is 0.484. The first-order valence-corrected chi connectivity index (χ1v) is 8.74. The Hall–Kier alpha value is -1.77. The predicted molar refractivity (Wildman–Crippen MR) is 99.3 cm³/mol. The molecule has 2 aromatic rings. The van der Waals surface area contributed by atoms with E-state index in [1.165, 1.54) is 44.1 Å². The van der Waals surface area contributed by atoms with Crippen LogP contribution in [0, 0.1) is 0 Å². The third-order valence-electron chi connectivity index (χ3n) is 5.08. The molecule has 2 radical (unpaired) electrons. The third-order valence-corrected chi connectivity index (χ3v) is 5.08. The highest BCUT2D eigenvalue weighted by Crippen LogP contribution is 2.38. The van der Waals surface area contributed by atoms with Crippen LogP contribution in [-0.2, 0) is 5.31 Å². The molecule has 1 aromatic carbocycles. The molecule has 0 aliphatic heterocycles. The first-order chi connectivity index (χ1) is 11.1. The number of pyridine rings is 1. The maximum atomic E-state index is 6.96. The Balaban J connectivity index is 2.13. The molecule has 1 aromatic heterocycles. The van der Waals surface area contributed by atoms with Crippen molar-refractivity contribution in [2.45, 2.75) is 56.7 Å². The van der Waals surface area contributed by atoms with Crippen molar-refractivity contribution in [1.29, 1.82) is 0 Å². The lowest BCUT2D eigenvalue weighted by Gasteiger charge is -2.32. The molecule has 1 saturated carbocycles. The number of fused-ring (bicyclic) bond motifs is 1. The highest BCUT2D eigenvalue weighted by molar-refractivity contribution is 6.17. The Labute approximate surface area is 140 Å². The van der Waals surface area contributed by atoms with Gasteiger partial charge in [-0.1, -0.05) is 76.1 Å². The summed E-state index contributed by atoms with van der Waals surface area (Å²) in [6.07, 6.45) is 9.64. The number of hydrogen-bond acceptors (Lipinski definition) is 2. The molecule has 1 aliphatic carbocycles. The number of aromatic nitrogens is 1. The van der Waals surface area contributed by atoms with E-state index >= 15 is 0 Å². The average Bonchev–Trinajstić information content (AvgIpc) is 2.66. The number of nitrogens with two attached hydrogens (primary N) is 1. The van der Waals surface area contributed by atoms with E-state index in [1.807, 2.05) is 12.1 Å². The quantitative estimate of drug-likeness (QED) is 0.819. The highest BCUT2D eigenvalue weighted by Gasteiger charge is 2.28. The summed E-state index contributed by atoms with van der Waals surface area (Å²) >= 11 is 0. The van der Waals surface area contributed by atoms with E-state index in [2.05, 4.69) is 29.8 Å². The van der Waals surface area contributed by atoms with Gasteiger partial charge in [-0.2, -0.15) is 0 Å². The van der Waals surface area contributed by atoms with Crippen molar-refractivity contribution in [2.75, 3.05) is 0 Å². The van der Waals surface area contributed by atoms with Crippen molar-refractivity contribution in [3.05, 3.63) is 48.2 Å². The second-order valence-electron chi connectivity index (χ2n) is 6.87. The van der Waals surface area contributed by atoms with Gasteiger partial charge in [0.1, 0.15) is 0 Å². The van der Waals surface area contributed by atoms with Gasteiger partial charge in [-0.25, -0.2) is 4.98 Å². The molecular formula is C20H25BN2. The molecule has 0 unspecified atom stereocenters. The van der Waals surface area contributed by atoms with Crippen LogP contribution in [0.5, 0.6) is 0 Å². The van der Waals surface area contributed by atoms with Gasteiger partial charge in [0, 0.05) is 5.39 Å². The lowest BCUT2D eigenvalue weighted by Crippen LogP contribution is -2.27. The van der Waals surface area contributed by atoms with E-state index in [4.69, 9.17) is 13.6 Å². The van der Waals surface area contributed by atoms with E-state index in [0.717, 1.165) is 29.4 Å². The predicted octanol–water partition coefficient (Wildman–Crippen LogP) is 4.66. The van der Waals surface area contributed by atoms with Crippen LogP contribution in [0.15, 0.2) is 36.9 Å². The Kier molecular flexibility index (Phi) is 4.75.